The van der Waals surface area contributed by atoms with Crippen LogP contribution in [0.3, 0.4) is 0 Å². The monoisotopic (exact) mass is 545 g/mol. The van der Waals surface area contributed by atoms with Crippen molar-refractivity contribution >= 4 is 40.0 Å². The van der Waals surface area contributed by atoms with Crippen LogP contribution in [0.5, 0.6) is 0 Å². The molecule has 0 atom stereocenters. The lowest BCUT2D eigenvalue weighted by atomic mass is 10.1. The van der Waals surface area contributed by atoms with Crippen LogP contribution < -0.4 is 16.5 Å². The summed E-state index contributed by atoms with van der Waals surface area (Å²) in [5, 5.41) is 8.24. The molecule has 0 saturated heterocycles. The topological polar surface area (TPSA) is 121 Å². The molecule has 0 saturated carbocycles. The van der Waals surface area contributed by atoms with Crippen LogP contribution in [0, 0.1) is 0 Å². The van der Waals surface area contributed by atoms with Gasteiger partial charge < -0.3 is 15.6 Å². The molecule has 0 unspecified atom stereocenters. The van der Waals surface area contributed by atoms with E-state index in [0.717, 1.165) is 11.1 Å². The number of aromatic nitrogens is 5. The Balaban J connectivity index is 1.47. The van der Waals surface area contributed by atoms with E-state index < -0.39 is 18.0 Å². The molecule has 0 bridgehead atoms. The zero-order valence-electron chi connectivity index (χ0n) is 21.2. The lowest BCUT2D eigenvalue weighted by Gasteiger charge is -2.14. The van der Waals surface area contributed by atoms with E-state index >= 15 is 0 Å². The first-order chi connectivity index (χ1) is 18.8. The van der Waals surface area contributed by atoms with Crippen LogP contribution in [0.4, 0.5) is 15.9 Å². The van der Waals surface area contributed by atoms with Gasteiger partial charge in [0.1, 0.15) is 24.5 Å². The highest BCUT2D eigenvalue weighted by Crippen LogP contribution is 2.33. The van der Waals surface area contributed by atoms with Crippen LogP contribution >= 0.6 is 11.6 Å². The molecule has 9 nitrogen and oxygen atoms in total. The molecule has 0 aliphatic rings. The van der Waals surface area contributed by atoms with Crippen molar-refractivity contribution in [1.82, 2.24) is 24.3 Å². The number of rotatable bonds is 7. The van der Waals surface area contributed by atoms with Gasteiger partial charge in [0.25, 0.3) is 5.91 Å². The van der Waals surface area contributed by atoms with Crippen molar-refractivity contribution in [2.24, 2.45) is 0 Å². The molecule has 1 amide bonds. The number of hydrogen-bond acceptors (Lipinski definition) is 6. The molecular weight excluding hydrogens is 521 g/mol. The number of amides is 1. The van der Waals surface area contributed by atoms with E-state index in [0.29, 0.717) is 32.9 Å². The van der Waals surface area contributed by atoms with Gasteiger partial charge in [0.2, 0.25) is 5.43 Å². The number of nitrogen functional groups attached to an aromatic ring is 1. The van der Waals surface area contributed by atoms with Crippen molar-refractivity contribution in [3.63, 3.8) is 0 Å². The molecule has 11 heteroatoms. The van der Waals surface area contributed by atoms with Gasteiger partial charge in [0.15, 0.2) is 5.69 Å². The first-order valence-electron chi connectivity index (χ1n) is 12.2. The Kier molecular flexibility index (Phi) is 7.12. The minimum Gasteiger partial charge on any atom is -0.383 e. The normalized spacial score (nSPS) is 11.3. The van der Waals surface area contributed by atoms with Crippen molar-refractivity contribution in [1.29, 1.82) is 0 Å². The van der Waals surface area contributed by atoms with E-state index in [9.17, 15) is 14.0 Å². The molecule has 5 aromatic rings. The third kappa shape index (κ3) is 5.10. The summed E-state index contributed by atoms with van der Waals surface area (Å²) < 4.78 is 16.4. The van der Waals surface area contributed by atoms with Gasteiger partial charge in [-0.15, -0.1) is 0 Å². The van der Waals surface area contributed by atoms with Crippen molar-refractivity contribution in [3.05, 3.63) is 88.2 Å². The van der Waals surface area contributed by atoms with Gasteiger partial charge in [-0.3, -0.25) is 14.3 Å². The second-order valence-electron chi connectivity index (χ2n) is 9.22. The Labute approximate surface area is 228 Å². The second kappa shape index (κ2) is 10.7. The van der Waals surface area contributed by atoms with E-state index in [1.807, 2.05) is 13.8 Å². The molecule has 0 spiro atoms. The Bertz CT molecular complexity index is 1730. The summed E-state index contributed by atoms with van der Waals surface area (Å²) >= 11 is 6.01. The van der Waals surface area contributed by atoms with Gasteiger partial charge in [-0.25, -0.2) is 14.4 Å². The standard InChI is InChI=1S/C28H25ClFN7O2/c1-16(2)37-14-22(18-3-7-19(29)8-4-18)25(38)24(35-37)28(39)34-20-9-5-17(6-10-20)21-13-36(12-11-30)27-23(21)26(31)32-15-33-27/h3-10,13-16H,11-12H2,1-2H3,(H,34,39)(H2,31,32,33). The number of hydrogen-bond donors (Lipinski definition) is 2. The van der Waals surface area contributed by atoms with Crippen LogP contribution in [-0.2, 0) is 6.54 Å². The van der Waals surface area contributed by atoms with Crippen LogP contribution in [0.1, 0.15) is 30.4 Å². The smallest absolute Gasteiger partial charge is 0.280 e. The molecule has 3 N–H and O–H groups in total. The van der Waals surface area contributed by atoms with Crippen molar-refractivity contribution in [2.45, 2.75) is 26.4 Å². The lowest BCUT2D eigenvalue weighted by Crippen LogP contribution is -2.28. The number of alkyl halides is 1. The molecule has 0 aliphatic carbocycles. The Morgan fingerprint density at radius 1 is 1.03 bits per heavy atom. The fourth-order valence-electron chi connectivity index (χ4n) is 4.31. The number of aryl methyl sites for hydroxylation is 1. The summed E-state index contributed by atoms with van der Waals surface area (Å²) in [5.74, 6) is -0.340. The summed E-state index contributed by atoms with van der Waals surface area (Å²) in [4.78, 5) is 34.8. The first-order valence-corrected chi connectivity index (χ1v) is 12.6. The number of fused-ring (bicyclic) bond motifs is 1. The van der Waals surface area contributed by atoms with Gasteiger partial charge in [-0.1, -0.05) is 35.9 Å². The van der Waals surface area contributed by atoms with E-state index in [1.54, 1.807) is 70.2 Å². The summed E-state index contributed by atoms with van der Waals surface area (Å²) in [7, 11) is 0. The maximum atomic E-state index is 13.3. The highest BCUT2D eigenvalue weighted by molar-refractivity contribution is 6.30. The molecule has 3 heterocycles. The summed E-state index contributed by atoms with van der Waals surface area (Å²) in [5.41, 5.74) is 8.92. The number of carbonyl (C=O) groups excluding carboxylic acids is 1. The lowest BCUT2D eigenvalue weighted by molar-refractivity contribution is 0.101. The maximum Gasteiger partial charge on any atom is 0.280 e. The molecule has 0 radical (unpaired) electrons. The molecule has 0 aliphatic heterocycles. The largest absolute Gasteiger partial charge is 0.383 e. The first kappa shape index (κ1) is 26.1. The zero-order valence-corrected chi connectivity index (χ0v) is 22.0. The van der Waals surface area contributed by atoms with Gasteiger partial charge in [-0.05, 0) is 49.2 Å². The highest BCUT2D eigenvalue weighted by Gasteiger charge is 2.20. The van der Waals surface area contributed by atoms with Gasteiger partial charge >= 0.3 is 0 Å². The number of halogens is 2. The number of nitrogens with one attached hydrogen (secondary N) is 1. The van der Waals surface area contributed by atoms with E-state index in [1.165, 1.54) is 6.33 Å². The van der Waals surface area contributed by atoms with Crippen molar-refractivity contribution in [2.75, 3.05) is 17.7 Å². The third-order valence-corrected chi connectivity index (χ3v) is 6.55. The zero-order chi connectivity index (χ0) is 27.7. The third-order valence-electron chi connectivity index (χ3n) is 6.30. The van der Waals surface area contributed by atoms with Crippen LogP contribution in [-0.4, -0.2) is 36.9 Å². The predicted octanol–water partition coefficient (Wildman–Crippen LogP) is 5.36. The molecule has 3 aromatic heterocycles. The number of anilines is 2. The highest BCUT2D eigenvalue weighted by atomic mass is 35.5. The minimum absolute atomic E-state index is 0.0848. The van der Waals surface area contributed by atoms with Gasteiger partial charge in [0, 0.05) is 40.3 Å². The minimum atomic E-state index is -0.629. The Morgan fingerprint density at radius 3 is 2.36 bits per heavy atom. The second-order valence-corrected chi connectivity index (χ2v) is 9.65. The van der Waals surface area contributed by atoms with Crippen molar-refractivity contribution in [3.8, 4) is 22.3 Å². The van der Waals surface area contributed by atoms with Crippen LogP contribution in [0.15, 0.2) is 72.0 Å². The average molecular weight is 546 g/mol. The molecule has 198 valence electrons. The summed E-state index contributed by atoms with van der Waals surface area (Å²) in [6.45, 7) is 3.40. The number of benzene rings is 2. The fourth-order valence-corrected chi connectivity index (χ4v) is 4.43. The quantitative estimate of drug-likeness (QED) is 0.284. The number of carbonyl (C=O) groups is 1. The Hall–Kier alpha value is -4.57. The van der Waals surface area contributed by atoms with Crippen molar-refractivity contribution < 1.29 is 9.18 Å². The number of nitrogens with zero attached hydrogens (tertiary/aromatic N) is 5. The molecule has 5 rings (SSSR count). The predicted molar refractivity (Wildman–Crippen MR) is 151 cm³/mol. The summed E-state index contributed by atoms with van der Waals surface area (Å²) in [6.07, 6.45) is 4.76. The van der Waals surface area contributed by atoms with Gasteiger partial charge in [0.05, 0.1) is 11.9 Å². The van der Waals surface area contributed by atoms with E-state index in [-0.39, 0.29) is 24.1 Å². The van der Waals surface area contributed by atoms with Crippen LogP contribution in [0.25, 0.3) is 33.3 Å². The summed E-state index contributed by atoms with van der Waals surface area (Å²) in [6, 6.07) is 13.7. The fraction of sp³-hybridized carbons (Fsp3) is 0.179. The number of nitrogens with two attached hydrogens (primary N) is 1. The van der Waals surface area contributed by atoms with Crippen LogP contribution in [0.2, 0.25) is 5.02 Å². The molecular formula is C28H25ClFN7O2. The molecule has 2 aromatic carbocycles. The SMILES string of the molecule is CC(C)n1cc(-c2ccc(Cl)cc2)c(=O)c(C(=O)Nc2ccc(-c3cn(CCF)c4ncnc(N)c34)cc2)n1. The van der Waals surface area contributed by atoms with E-state index in [2.05, 4.69) is 20.4 Å². The molecule has 39 heavy (non-hydrogen) atoms. The Morgan fingerprint density at radius 2 is 1.69 bits per heavy atom. The van der Waals surface area contributed by atoms with E-state index in [4.69, 9.17) is 17.3 Å². The molecule has 0 fully saturated rings. The maximum absolute atomic E-state index is 13.3. The van der Waals surface area contributed by atoms with Gasteiger partial charge in [-0.2, -0.15) is 5.10 Å². The average Bonchev–Trinajstić information content (AvgIpc) is 3.29.